The molecule has 31 heavy (non-hydrogen) atoms. The van der Waals surface area contributed by atoms with E-state index in [9.17, 15) is 44.9 Å². The first-order valence-electron chi connectivity index (χ1n) is 7.96. The summed E-state index contributed by atoms with van der Waals surface area (Å²) in [5.74, 6) is -1.23. The lowest BCUT2D eigenvalue weighted by atomic mass is 10.3. The van der Waals surface area contributed by atoms with Crippen LogP contribution < -0.4 is 14.2 Å². The topological polar surface area (TPSA) is 108 Å². The van der Waals surface area contributed by atoms with E-state index < -0.39 is 68.3 Å². The lowest BCUT2D eigenvalue weighted by Gasteiger charge is -2.15. The van der Waals surface area contributed by atoms with Gasteiger partial charge in [0.25, 0.3) is 15.7 Å². The molecule has 2 aromatic rings. The molecule has 2 rings (SSSR count). The Labute approximate surface area is 170 Å². The molecule has 0 atom stereocenters. The average molecular weight is 474 g/mol. The maximum Gasteiger partial charge on any atom is 0.422 e. The third-order valence-corrected chi connectivity index (χ3v) is 4.69. The molecule has 2 aromatic carbocycles. The van der Waals surface area contributed by atoms with Gasteiger partial charge in [0.05, 0.1) is 15.5 Å². The van der Waals surface area contributed by atoms with Gasteiger partial charge in [-0.2, -0.15) is 26.3 Å². The molecule has 0 aromatic heterocycles. The second-order valence-corrected chi connectivity index (χ2v) is 7.54. The van der Waals surface area contributed by atoms with Crippen molar-refractivity contribution in [3.05, 3.63) is 52.6 Å². The molecular formula is C16H12F6N2O6S. The number of sulfonamides is 1. The summed E-state index contributed by atoms with van der Waals surface area (Å²) in [4.78, 5) is 9.43. The molecule has 8 nitrogen and oxygen atoms in total. The number of halogens is 6. The Morgan fingerprint density at radius 2 is 1.32 bits per heavy atom. The van der Waals surface area contributed by atoms with Crippen LogP contribution in [0.1, 0.15) is 0 Å². The third kappa shape index (κ3) is 7.84. The van der Waals surface area contributed by atoms with Gasteiger partial charge in [-0.15, -0.1) is 0 Å². The van der Waals surface area contributed by atoms with Crippen LogP contribution in [0.3, 0.4) is 0 Å². The Hall–Kier alpha value is -3.23. The summed E-state index contributed by atoms with van der Waals surface area (Å²) in [6.07, 6.45) is -9.53. The van der Waals surface area contributed by atoms with Crippen molar-refractivity contribution in [2.24, 2.45) is 0 Å². The summed E-state index contributed by atoms with van der Waals surface area (Å²) < 4.78 is 110. The van der Waals surface area contributed by atoms with Gasteiger partial charge in [0, 0.05) is 30.3 Å². The van der Waals surface area contributed by atoms with Gasteiger partial charge in [-0.3, -0.25) is 14.8 Å². The number of non-ortho nitro benzene ring substituents is 1. The highest BCUT2D eigenvalue weighted by atomic mass is 32.2. The van der Waals surface area contributed by atoms with Crippen molar-refractivity contribution in [3.8, 4) is 11.5 Å². The zero-order chi connectivity index (χ0) is 23.4. The fourth-order valence-electron chi connectivity index (χ4n) is 2.09. The number of nitrogens with zero attached hydrogens (tertiary/aromatic N) is 1. The molecule has 0 bridgehead atoms. The van der Waals surface area contributed by atoms with E-state index in [1.165, 1.54) is 0 Å². The quantitative estimate of drug-likeness (QED) is 0.348. The maximum atomic E-state index is 12.4. The molecule has 0 saturated heterocycles. The molecule has 0 spiro atoms. The number of nitro groups is 1. The average Bonchev–Trinajstić information content (AvgIpc) is 2.63. The molecule has 170 valence electrons. The van der Waals surface area contributed by atoms with Crippen LogP contribution in [0.25, 0.3) is 0 Å². The van der Waals surface area contributed by atoms with E-state index in [1.807, 2.05) is 4.72 Å². The van der Waals surface area contributed by atoms with Crippen molar-refractivity contribution < 1.29 is 49.2 Å². The lowest BCUT2D eigenvalue weighted by Crippen LogP contribution is -2.20. The Balaban J connectivity index is 2.32. The van der Waals surface area contributed by atoms with Crippen LogP contribution in [0.5, 0.6) is 11.5 Å². The molecule has 0 unspecified atom stereocenters. The first-order chi connectivity index (χ1) is 14.1. The molecule has 0 saturated carbocycles. The zero-order valence-electron chi connectivity index (χ0n) is 15.0. The molecule has 15 heteroatoms. The normalized spacial score (nSPS) is 12.3. The number of alkyl halides is 6. The van der Waals surface area contributed by atoms with Gasteiger partial charge in [0.1, 0.15) is 11.5 Å². The SMILES string of the molecule is O=[N+]([O-])c1ccc(S(=O)(=O)Nc2cc(OCC(F)(F)F)cc(OCC(F)(F)F)c2)cc1. The van der Waals surface area contributed by atoms with Crippen molar-refractivity contribution >= 4 is 21.4 Å². The van der Waals surface area contributed by atoms with Crippen LogP contribution in [0.15, 0.2) is 47.4 Å². The van der Waals surface area contributed by atoms with E-state index in [0.29, 0.717) is 0 Å². The van der Waals surface area contributed by atoms with Crippen LogP contribution in [-0.2, 0) is 10.0 Å². The number of anilines is 1. The lowest BCUT2D eigenvalue weighted by molar-refractivity contribution is -0.384. The van der Waals surface area contributed by atoms with E-state index in [0.717, 1.165) is 42.5 Å². The number of rotatable bonds is 8. The van der Waals surface area contributed by atoms with Crippen molar-refractivity contribution in [3.63, 3.8) is 0 Å². The van der Waals surface area contributed by atoms with Gasteiger partial charge in [-0.1, -0.05) is 0 Å². The molecule has 1 N–H and O–H groups in total. The summed E-state index contributed by atoms with van der Waals surface area (Å²) in [7, 11) is -4.40. The number of hydrogen-bond acceptors (Lipinski definition) is 6. The summed E-state index contributed by atoms with van der Waals surface area (Å²) in [6, 6.07) is 5.91. The van der Waals surface area contributed by atoms with Crippen molar-refractivity contribution in [2.45, 2.75) is 17.2 Å². The van der Waals surface area contributed by atoms with E-state index >= 15 is 0 Å². The minimum Gasteiger partial charge on any atom is -0.484 e. The van der Waals surface area contributed by atoms with Gasteiger partial charge < -0.3 is 9.47 Å². The summed E-state index contributed by atoms with van der Waals surface area (Å²) in [5, 5.41) is 10.6. The Bertz CT molecular complexity index is 1000. The Morgan fingerprint density at radius 1 is 0.871 bits per heavy atom. The molecule has 0 aliphatic rings. The molecule has 0 fully saturated rings. The number of ether oxygens (including phenoxy) is 2. The molecule has 0 aliphatic carbocycles. The predicted octanol–water partition coefficient (Wildman–Crippen LogP) is 4.28. The number of nitro benzene ring substituents is 1. The van der Waals surface area contributed by atoms with E-state index in [1.54, 1.807) is 0 Å². The highest BCUT2D eigenvalue weighted by molar-refractivity contribution is 7.92. The van der Waals surface area contributed by atoms with Crippen LogP contribution in [-0.4, -0.2) is 38.9 Å². The summed E-state index contributed by atoms with van der Waals surface area (Å²) in [6.45, 7) is -3.57. The fourth-order valence-corrected chi connectivity index (χ4v) is 3.13. The van der Waals surface area contributed by atoms with E-state index in [-0.39, 0.29) is 0 Å². The highest BCUT2D eigenvalue weighted by Gasteiger charge is 2.30. The van der Waals surface area contributed by atoms with Crippen molar-refractivity contribution in [1.29, 1.82) is 0 Å². The molecule has 0 amide bonds. The summed E-state index contributed by atoms with van der Waals surface area (Å²) in [5.41, 5.74) is -0.862. The van der Waals surface area contributed by atoms with Gasteiger partial charge in [0.2, 0.25) is 0 Å². The van der Waals surface area contributed by atoms with Gasteiger partial charge in [-0.05, 0) is 12.1 Å². The Kier molecular flexibility index (Phi) is 6.88. The highest BCUT2D eigenvalue weighted by Crippen LogP contribution is 2.30. The second-order valence-electron chi connectivity index (χ2n) is 5.86. The van der Waals surface area contributed by atoms with Crippen LogP contribution in [0.4, 0.5) is 37.7 Å². The van der Waals surface area contributed by atoms with Gasteiger partial charge in [-0.25, -0.2) is 8.42 Å². The first-order valence-corrected chi connectivity index (χ1v) is 9.44. The molecule has 0 heterocycles. The monoisotopic (exact) mass is 474 g/mol. The first kappa shape index (κ1) is 24.0. The summed E-state index contributed by atoms with van der Waals surface area (Å²) >= 11 is 0. The standard InChI is InChI=1S/C16H12F6N2O6S/c17-15(18,19)8-29-12-5-10(6-13(7-12)30-9-16(20,21)22)23-31(27,28)14-3-1-11(2-4-14)24(25)26/h1-7,23H,8-9H2. The molecule has 0 radical (unpaired) electrons. The predicted molar refractivity (Wildman–Crippen MR) is 93.4 cm³/mol. The number of hydrogen-bond donors (Lipinski definition) is 1. The third-order valence-electron chi connectivity index (χ3n) is 3.30. The number of benzene rings is 2. The minimum absolute atomic E-state index is 0.399. The fraction of sp³-hybridized carbons (Fsp3) is 0.250. The van der Waals surface area contributed by atoms with Crippen LogP contribution in [0.2, 0.25) is 0 Å². The van der Waals surface area contributed by atoms with E-state index in [4.69, 9.17) is 0 Å². The molecular weight excluding hydrogens is 462 g/mol. The maximum absolute atomic E-state index is 12.4. The smallest absolute Gasteiger partial charge is 0.422 e. The number of nitrogens with one attached hydrogen (secondary N) is 1. The van der Waals surface area contributed by atoms with Crippen molar-refractivity contribution in [2.75, 3.05) is 17.9 Å². The zero-order valence-corrected chi connectivity index (χ0v) is 15.8. The van der Waals surface area contributed by atoms with Crippen LogP contribution >= 0.6 is 0 Å². The van der Waals surface area contributed by atoms with Gasteiger partial charge >= 0.3 is 12.4 Å². The van der Waals surface area contributed by atoms with E-state index in [2.05, 4.69) is 9.47 Å². The van der Waals surface area contributed by atoms with Gasteiger partial charge in [0.15, 0.2) is 13.2 Å². The minimum atomic E-state index is -4.76. The van der Waals surface area contributed by atoms with Crippen molar-refractivity contribution in [1.82, 2.24) is 0 Å². The molecule has 0 aliphatic heterocycles. The van der Waals surface area contributed by atoms with Crippen LogP contribution in [0, 0.1) is 10.1 Å². The second kappa shape index (κ2) is 8.87. The largest absolute Gasteiger partial charge is 0.484 e. The Morgan fingerprint density at radius 3 is 1.71 bits per heavy atom.